The molecule has 2 aromatic heterocycles. The molecule has 0 atom stereocenters. The first-order chi connectivity index (χ1) is 21.1. The van der Waals surface area contributed by atoms with Crippen LogP contribution in [0.5, 0.6) is 0 Å². The van der Waals surface area contributed by atoms with Gasteiger partial charge in [-0.15, -0.1) is 10.2 Å². The van der Waals surface area contributed by atoms with Crippen LogP contribution in [0.25, 0.3) is 35.2 Å². The number of esters is 1. The molecule has 18 heteroatoms. The first-order valence-electron chi connectivity index (χ1n) is 12.6. The van der Waals surface area contributed by atoms with Gasteiger partial charge in [-0.25, -0.2) is 34.8 Å². The van der Waals surface area contributed by atoms with Gasteiger partial charge in [0.05, 0.1) is 6.61 Å². The Balaban J connectivity index is 0.000000431. The predicted molar refractivity (Wildman–Crippen MR) is 168 cm³/mol. The van der Waals surface area contributed by atoms with Gasteiger partial charge in [-0.05, 0) is 30.2 Å². The normalized spacial score (nSPS) is 10.3. The zero-order valence-corrected chi connectivity index (χ0v) is 25.6. The summed E-state index contributed by atoms with van der Waals surface area (Å²) in [5.41, 5.74) is 3.52. The number of nitrogens with two attached hydrogens (primary N) is 3. The molecule has 4 aromatic rings. The number of nitrogens with zero attached hydrogens (tertiary/aromatic N) is 6. The third-order valence-electron chi connectivity index (χ3n) is 4.79. The second kappa shape index (κ2) is 20.1. The molecular formula is C27H32Cl2N10O6. The molecule has 0 bridgehead atoms. The van der Waals surface area contributed by atoms with Gasteiger partial charge < -0.3 is 14.9 Å². The number of amides is 1. The molecule has 0 aliphatic heterocycles. The van der Waals surface area contributed by atoms with Crippen molar-refractivity contribution in [3.05, 3.63) is 83.4 Å². The number of hydrogen-bond acceptors (Lipinski definition) is 12. The predicted octanol–water partition coefficient (Wildman–Crippen LogP) is 2.46. The van der Waals surface area contributed by atoms with E-state index in [-0.39, 0.29) is 18.0 Å². The molecule has 0 spiro atoms. The molecule has 0 radical (unpaired) electrons. The summed E-state index contributed by atoms with van der Waals surface area (Å²) in [6, 6.07) is 14.3. The fourth-order valence-corrected chi connectivity index (χ4v) is 3.30. The number of hydrazine groups is 2. The lowest BCUT2D eigenvalue weighted by Gasteiger charge is -2.05. The summed E-state index contributed by atoms with van der Waals surface area (Å²) >= 11 is 11.8. The molecule has 0 unspecified atom stereocenters. The first kappa shape index (κ1) is 38.1. The van der Waals surface area contributed by atoms with Gasteiger partial charge >= 0.3 is 12.1 Å². The van der Waals surface area contributed by atoms with Crippen molar-refractivity contribution in [3.8, 4) is 22.8 Å². The number of hydrogen-bond donors (Lipinski definition) is 4. The van der Waals surface area contributed by atoms with Gasteiger partial charge in [0.2, 0.25) is 0 Å². The fraction of sp³-hybridized carbons (Fsp3) is 0.148. The maximum Gasteiger partial charge on any atom is 0.516 e. The van der Waals surface area contributed by atoms with Crippen LogP contribution in [0, 0.1) is 5.92 Å². The van der Waals surface area contributed by atoms with Crippen LogP contribution in [0.4, 0.5) is 4.79 Å². The number of ether oxygens (including phenoxy) is 2. The number of carbonyl (C=O) groups is 3. The van der Waals surface area contributed by atoms with Crippen molar-refractivity contribution < 1.29 is 29.3 Å². The molecule has 1 amide bonds. The van der Waals surface area contributed by atoms with Gasteiger partial charge in [-0.3, -0.25) is 21.9 Å². The summed E-state index contributed by atoms with van der Waals surface area (Å²) in [5.74, 6) is 12.8. The van der Waals surface area contributed by atoms with Crippen LogP contribution >= 0.6 is 23.2 Å². The number of aromatic nitrogens is 6. The molecule has 45 heavy (non-hydrogen) atoms. The minimum atomic E-state index is -1.03. The molecule has 240 valence electrons. The van der Waals surface area contributed by atoms with E-state index in [1.807, 2.05) is 37.5 Å². The lowest BCUT2D eigenvalue weighted by atomic mass is 10.2. The number of rotatable bonds is 8. The fourth-order valence-electron chi connectivity index (χ4n) is 2.92. The zero-order chi connectivity index (χ0) is 32.5. The highest BCUT2D eigenvalue weighted by atomic mass is 35.5. The number of halogens is 2. The molecule has 9 N–H and O–H groups in total. The van der Waals surface area contributed by atoms with Crippen molar-refractivity contribution in [2.45, 2.75) is 13.8 Å². The molecular weight excluding hydrogens is 631 g/mol. The van der Waals surface area contributed by atoms with E-state index in [1.165, 1.54) is 40.5 Å². The van der Waals surface area contributed by atoms with E-state index in [4.69, 9.17) is 33.8 Å². The van der Waals surface area contributed by atoms with Gasteiger partial charge in [0.1, 0.15) is 12.7 Å². The highest BCUT2D eigenvalue weighted by molar-refractivity contribution is 6.31. The zero-order valence-electron chi connectivity index (χ0n) is 24.1. The summed E-state index contributed by atoms with van der Waals surface area (Å²) in [7, 11) is 0. The lowest BCUT2D eigenvalue weighted by Crippen LogP contribution is -2.28. The van der Waals surface area contributed by atoms with E-state index in [0.29, 0.717) is 21.7 Å². The van der Waals surface area contributed by atoms with Crippen molar-refractivity contribution in [1.82, 2.24) is 35.0 Å². The Hall–Kier alpha value is -4.97. The van der Waals surface area contributed by atoms with E-state index < -0.39 is 18.0 Å². The van der Waals surface area contributed by atoms with Crippen LogP contribution in [0.2, 0.25) is 10.0 Å². The van der Waals surface area contributed by atoms with Crippen LogP contribution in [-0.4, -0.2) is 59.6 Å². The van der Waals surface area contributed by atoms with Crippen LogP contribution in [-0.2, 0) is 19.1 Å². The quantitative estimate of drug-likeness (QED) is 0.0530. The SMILES string of the molecule is CC(C)COC(=O)OC(=O)/C=C\n1cnc(-c2cccc(Cl)c2)n1.NN.NNC(=O)/C=C\n1cnc(-c2cccc(Cl)c2)n1.O. The summed E-state index contributed by atoms with van der Waals surface area (Å²) in [6.45, 7) is 3.93. The summed E-state index contributed by atoms with van der Waals surface area (Å²) in [5, 5.41) is 9.52. The Bertz CT molecular complexity index is 1590. The molecule has 2 heterocycles. The van der Waals surface area contributed by atoms with Crippen molar-refractivity contribution >= 4 is 53.6 Å². The maximum atomic E-state index is 11.5. The maximum absolute atomic E-state index is 11.5. The van der Waals surface area contributed by atoms with Crippen molar-refractivity contribution in [2.75, 3.05) is 6.61 Å². The minimum absolute atomic E-state index is 0. The smallest absolute Gasteiger partial charge is 0.434 e. The van der Waals surface area contributed by atoms with Crippen LogP contribution in [0.15, 0.2) is 73.3 Å². The number of carbonyl (C=O) groups excluding carboxylic acids is 3. The van der Waals surface area contributed by atoms with E-state index in [1.54, 1.807) is 30.3 Å². The number of nitrogens with one attached hydrogen (secondary N) is 1. The number of benzene rings is 2. The summed E-state index contributed by atoms with van der Waals surface area (Å²) < 4.78 is 11.9. The molecule has 0 fully saturated rings. The molecule has 4 rings (SSSR count). The van der Waals surface area contributed by atoms with E-state index in [0.717, 1.165) is 17.2 Å². The van der Waals surface area contributed by atoms with E-state index in [9.17, 15) is 14.4 Å². The molecule has 16 nitrogen and oxygen atoms in total. The highest BCUT2D eigenvalue weighted by Gasteiger charge is 2.10. The van der Waals surface area contributed by atoms with Crippen LogP contribution in [0.1, 0.15) is 13.8 Å². The molecule has 2 aromatic carbocycles. The standard InChI is InChI=1S/C16H16ClN3O4.C11H10ClN5O.H4N2.H2O/c1-11(2)9-23-16(22)24-14(21)6-7-20-10-18-15(19-20)12-4-3-5-13(17)8-12;12-9-3-1-2-8(6-9)11-14-7-17(16-11)5-4-10(18)15-13;1-2;/h3-8,10-11H,9H2,1-2H3;1-7H,13H2,(H,15,18);1-2H2;1H2/b7-6-;5-4-;;. The Labute approximate surface area is 267 Å². The average Bonchev–Trinajstić information content (AvgIpc) is 3.69. The van der Waals surface area contributed by atoms with Gasteiger partial charge in [0.25, 0.3) is 5.91 Å². The van der Waals surface area contributed by atoms with Crippen molar-refractivity contribution in [2.24, 2.45) is 23.4 Å². The largest absolute Gasteiger partial charge is 0.516 e. The Morgan fingerprint density at radius 3 is 1.82 bits per heavy atom. The third kappa shape index (κ3) is 13.9. The Morgan fingerprint density at radius 2 is 1.38 bits per heavy atom. The topological polar surface area (TPSA) is 253 Å². The van der Waals surface area contributed by atoms with Gasteiger partial charge in [0, 0.05) is 45.7 Å². The summed E-state index contributed by atoms with van der Waals surface area (Å²) in [6.07, 6.45) is 6.93. The van der Waals surface area contributed by atoms with Crippen LogP contribution in [0.3, 0.4) is 0 Å². The van der Waals surface area contributed by atoms with Gasteiger partial charge in [-0.2, -0.15) is 0 Å². The van der Waals surface area contributed by atoms with Gasteiger partial charge in [-0.1, -0.05) is 61.3 Å². The van der Waals surface area contributed by atoms with Gasteiger partial charge in [0.15, 0.2) is 11.6 Å². The average molecular weight is 664 g/mol. The highest BCUT2D eigenvalue weighted by Crippen LogP contribution is 2.20. The van der Waals surface area contributed by atoms with Crippen molar-refractivity contribution in [3.63, 3.8) is 0 Å². The second-order valence-corrected chi connectivity index (χ2v) is 9.51. The molecule has 0 aliphatic carbocycles. The Morgan fingerprint density at radius 1 is 0.889 bits per heavy atom. The minimum Gasteiger partial charge on any atom is -0.434 e. The monoisotopic (exact) mass is 662 g/mol. The van der Waals surface area contributed by atoms with E-state index in [2.05, 4.69) is 36.6 Å². The molecule has 0 saturated heterocycles. The Kier molecular flexibility index (Phi) is 17.0. The van der Waals surface area contributed by atoms with Crippen molar-refractivity contribution in [1.29, 1.82) is 0 Å². The second-order valence-electron chi connectivity index (χ2n) is 8.63. The van der Waals surface area contributed by atoms with Crippen LogP contribution < -0.4 is 23.0 Å². The molecule has 0 saturated carbocycles. The van der Waals surface area contributed by atoms with E-state index >= 15 is 0 Å². The summed E-state index contributed by atoms with van der Waals surface area (Å²) in [4.78, 5) is 41.9. The molecule has 0 aliphatic rings. The first-order valence-corrected chi connectivity index (χ1v) is 13.3. The lowest BCUT2D eigenvalue weighted by molar-refractivity contribution is -0.134. The third-order valence-corrected chi connectivity index (χ3v) is 5.26.